The SMILES string of the molecule is Cc1nc(Cl)cc(-n2c(C)nc3ccc(F)cc32)n1. The van der Waals surface area contributed by atoms with Gasteiger partial charge in [0.25, 0.3) is 0 Å². The number of hydrogen-bond acceptors (Lipinski definition) is 3. The standard InChI is InChI=1S/C13H10ClFN4/c1-7-16-12(14)6-13(17-7)19-8(2)18-10-4-3-9(15)5-11(10)19/h3-6H,1-2H3. The highest BCUT2D eigenvalue weighted by Gasteiger charge is 2.12. The third-order valence-electron chi connectivity index (χ3n) is 2.81. The van der Waals surface area contributed by atoms with Gasteiger partial charge in [-0.05, 0) is 26.0 Å². The first-order valence-electron chi connectivity index (χ1n) is 5.71. The summed E-state index contributed by atoms with van der Waals surface area (Å²) in [5.74, 6) is 1.54. The average molecular weight is 277 g/mol. The zero-order valence-electron chi connectivity index (χ0n) is 10.4. The Labute approximate surface area is 113 Å². The number of fused-ring (bicyclic) bond motifs is 1. The van der Waals surface area contributed by atoms with Crippen LogP contribution in [0.3, 0.4) is 0 Å². The first-order chi connectivity index (χ1) is 9.04. The lowest BCUT2D eigenvalue weighted by atomic mass is 10.3. The molecular formula is C13H10ClFN4. The van der Waals surface area contributed by atoms with Gasteiger partial charge in [0.1, 0.15) is 28.4 Å². The Morgan fingerprint density at radius 2 is 1.89 bits per heavy atom. The Bertz CT molecular complexity index is 761. The molecule has 3 rings (SSSR count). The van der Waals surface area contributed by atoms with E-state index in [0.717, 1.165) is 5.82 Å². The highest BCUT2D eigenvalue weighted by atomic mass is 35.5. The second-order valence-corrected chi connectivity index (χ2v) is 4.61. The van der Waals surface area contributed by atoms with Crippen molar-refractivity contribution in [3.05, 3.63) is 46.9 Å². The quantitative estimate of drug-likeness (QED) is 0.641. The van der Waals surface area contributed by atoms with Gasteiger partial charge in [0.2, 0.25) is 0 Å². The molecule has 0 radical (unpaired) electrons. The van der Waals surface area contributed by atoms with E-state index in [9.17, 15) is 4.39 Å². The van der Waals surface area contributed by atoms with Crippen LogP contribution in [0.4, 0.5) is 4.39 Å². The summed E-state index contributed by atoms with van der Waals surface area (Å²) in [5, 5.41) is 0.347. The fourth-order valence-electron chi connectivity index (χ4n) is 2.09. The van der Waals surface area contributed by atoms with Crippen molar-refractivity contribution < 1.29 is 4.39 Å². The maximum atomic E-state index is 13.4. The zero-order chi connectivity index (χ0) is 13.6. The number of aromatic nitrogens is 4. The summed E-state index contributed by atoms with van der Waals surface area (Å²) in [5.41, 5.74) is 1.37. The van der Waals surface area contributed by atoms with Crippen LogP contribution >= 0.6 is 11.6 Å². The smallest absolute Gasteiger partial charge is 0.143 e. The third-order valence-corrected chi connectivity index (χ3v) is 3.00. The van der Waals surface area contributed by atoms with Crippen molar-refractivity contribution in [1.82, 2.24) is 19.5 Å². The zero-order valence-corrected chi connectivity index (χ0v) is 11.1. The molecule has 96 valence electrons. The van der Waals surface area contributed by atoms with Gasteiger partial charge in [0.05, 0.1) is 11.0 Å². The molecule has 6 heteroatoms. The maximum Gasteiger partial charge on any atom is 0.143 e. The number of aryl methyl sites for hydroxylation is 2. The molecule has 19 heavy (non-hydrogen) atoms. The van der Waals surface area contributed by atoms with E-state index in [1.54, 1.807) is 23.6 Å². The first kappa shape index (κ1) is 12.0. The highest BCUT2D eigenvalue weighted by molar-refractivity contribution is 6.29. The fraction of sp³-hybridized carbons (Fsp3) is 0.154. The molecule has 0 aliphatic rings. The summed E-state index contributed by atoms with van der Waals surface area (Å²) < 4.78 is 15.2. The van der Waals surface area contributed by atoms with E-state index in [4.69, 9.17) is 11.6 Å². The van der Waals surface area contributed by atoms with E-state index in [0.29, 0.717) is 27.8 Å². The van der Waals surface area contributed by atoms with Crippen LogP contribution in [0, 0.1) is 19.7 Å². The van der Waals surface area contributed by atoms with Gasteiger partial charge in [-0.3, -0.25) is 4.57 Å². The van der Waals surface area contributed by atoms with Gasteiger partial charge < -0.3 is 0 Å². The molecule has 0 spiro atoms. The van der Waals surface area contributed by atoms with Gasteiger partial charge in [-0.2, -0.15) is 0 Å². The summed E-state index contributed by atoms with van der Waals surface area (Å²) in [4.78, 5) is 12.7. The number of imidazole rings is 1. The molecule has 0 aliphatic carbocycles. The molecule has 0 aliphatic heterocycles. The van der Waals surface area contributed by atoms with E-state index in [1.807, 2.05) is 6.92 Å². The second-order valence-electron chi connectivity index (χ2n) is 4.22. The third kappa shape index (κ3) is 2.06. The highest BCUT2D eigenvalue weighted by Crippen LogP contribution is 2.22. The molecule has 0 bridgehead atoms. The molecule has 0 saturated carbocycles. The summed E-state index contributed by atoms with van der Waals surface area (Å²) in [7, 11) is 0. The Morgan fingerprint density at radius 1 is 1.11 bits per heavy atom. The van der Waals surface area contributed by atoms with Crippen molar-refractivity contribution in [2.24, 2.45) is 0 Å². The van der Waals surface area contributed by atoms with E-state index < -0.39 is 0 Å². The molecule has 0 atom stereocenters. The minimum atomic E-state index is -0.314. The Morgan fingerprint density at radius 3 is 2.63 bits per heavy atom. The summed E-state index contributed by atoms with van der Waals surface area (Å²) in [6.07, 6.45) is 0. The minimum absolute atomic E-state index is 0.314. The molecule has 1 aromatic carbocycles. The number of hydrogen-bond donors (Lipinski definition) is 0. The molecule has 4 nitrogen and oxygen atoms in total. The molecule has 0 N–H and O–H groups in total. The van der Waals surface area contributed by atoms with Crippen LogP contribution in [-0.2, 0) is 0 Å². The van der Waals surface area contributed by atoms with Gasteiger partial charge in [-0.25, -0.2) is 19.3 Å². The van der Waals surface area contributed by atoms with Crippen LogP contribution in [-0.4, -0.2) is 19.5 Å². The number of nitrogens with zero attached hydrogens (tertiary/aromatic N) is 4. The van der Waals surface area contributed by atoms with E-state index in [2.05, 4.69) is 15.0 Å². The first-order valence-corrected chi connectivity index (χ1v) is 6.08. The van der Waals surface area contributed by atoms with Gasteiger partial charge in [-0.1, -0.05) is 11.6 Å². The number of benzene rings is 1. The molecule has 0 fully saturated rings. The average Bonchev–Trinajstić information content (AvgIpc) is 2.63. The van der Waals surface area contributed by atoms with Crippen molar-refractivity contribution in [3.8, 4) is 5.82 Å². The molecule has 2 heterocycles. The van der Waals surface area contributed by atoms with Gasteiger partial charge in [0.15, 0.2) is 0 Å². The Hall–Kier alpha value is -2.01. The van der Waals surface area contributed by atoms with Crippen LogP contribution in [0.15, 0.2) is 24.3 Å². The van der Waals surface area contributed by atoms with Crippen molar-refractivity contribution in [1.29, 1.82) is 0 Å². The summed E-state index contributed by atoms with van der Waals surface area (Å²) in [6, 6.07) is 6.09. The lowest BCUT2D eigenvalue weighted by Gasteiger charge is -2.07. The largest absolute Gasteiger partial charge is 0.280 e. The van der Waals surface area contributed by atoms with Crippen molar-refractivity contribution in [3.63, 3.8) is 0 Å². The number of halogens is 2. The lowest BCUT2D eigenvalue weighted by molar-refractivity contribution is 0.629. The summed E-state index contributed by atoms with van der Waals surface area (Å²) in [6.45, 7) is 3.59. The predicted octanol–water partition coefficient (Wildman–Crippen LogP) is 3.22. The van der Waals surface area contributed by atoms with Crippen molar-refractivity contribution in [2.75, 3.05) is 0 Å². The molecule has 0 amide bonds. The van der Waals surface area contributed by atoms with Crippen molar-refractivity contribution in [2.45, 2.75) is 13.8 Å². The minimum Gasteiger partial charge on any atom is -0.280 e. The Kier molecular flexibility index (Phi) is 2.71. The van der Waals surface area contributed by atoms with Gasteiger partial charge >= 0.3 is 0 Å². The summed E-state index contributed by atoms with van der Waals surface area (Å²) >= 11 is 5.94. The molecule has 3 aromatic rings. The second kappa shape index (κ2) is 4.28. The van der Waals surface area contributed by atoms with Gasteiger partial charge in [0, 0.05) is 12.1 Å². The van der Waals surface area contributed by atoms with Crippen LogP contribution in [0.5, 0.6) is 0 Å². The van der Waals surface area contributed by atoms with E-state index in [1.165, 1.54) is 12.1 Å². The number of rotatable bonds is 1. The molecule has 2 aromatic heterocycles. The Balaban J connectivity index is 2.35. The van der Waals surface area contributed by atoms with Gasteiger partial charge in [-0.15, -0.1) is 0 Å². The van der Waals surface area contributed by atoms with E-state index >= 15 is 0 Å². The van der Waals surface area contributed by atoms with E-state index in [-0.39, 0.29) is 5.82 Å². The maximum absolute atomic E-state index is 13.4. The fourth-order valence-corrected chi connectivity index (χ4v) is 2.31. The van der Waals surface area contributed by atoms with Crippen LogP contribution < -0.4 is 0 Å². The van der Waals surface area contributed by atoms with Crippen molar-refractivity contribution >= 4 is 22.6 Å². The van der Waals surface area contributed by atoms with Crippen LogP contribution in [0.25, 0.3) is 16.9 Å². The lowest BCUT2D eigenvalue weighted by Crippen LogP contribution is -2.02. The molecular weight excluding hydrogens is 267 g/mol. The molecule has 0 unspecified atom stereocenters. The topological polar surface area (TPSA) is 43.6 Å². The predicted molar refractivity (Wildman–Crippen MR) is 71.1 cm³/mol. The van der Waals surface area contributed by atoms with Crippen LogP contribution in [0.1, 0.15) is 11.6 Å². The molecule has 0 saturated heterocycles. The van der Waals surface area contributed by atoms with Crippen LogP contribution in [0.2, 0.25) is 5.15 Å². The monoisotopic (exact) mass is 276 g/mol. The normalized spacial score (nSPS) is 11.2.